The van der Waals surface area contributed by atoms with E-state index in [0.717, 1.165) is 140 Å². The molecule has 6 aliphatic heterocycles. The van der Waals surface area contributed by atoms with Crippen molar-refractivity contribution in [2.24, 2.45) is 0 Å². The van der Waals surface area contributed by atoms with Gasteiger partial charge in [0.1, 0.15) is 34.0 Å². The van der Waals surface area contributed by atoms with Crippen LogP contribution in [0.2, 0.25) is 0 Å². The average Bonchev–Trinajstić information content (AvgIpc) is 1.54. The van der Waals surface area contributed by atoms with Gasteiger partial charge in [0.05, 0.1) is 0 Å². The minimum Gasteiger partial charge on any atom is -0.456 e. The Morgan fingerprint density at radius 2 is 0.413 bits per heavy atom. The zero-order valence-electron chi connectivity index (χ0n) is 84.8. The second-order valence-corrected chi connectivity index (χ2v) is 42.1. The summed E-state index contributed by atoms with van der Waals surface area (Å²) in [4.78, 5) is 18.8. The molecule has 0 radical (unpaired) electrons. The molecule has 12 heteroatoms. The Kier molecular flexibility index (Phi) is 25.0. The first-order valence-electron chi connectivity index (χ1n) is 51.6. The molecule has 0 N–H and O–H groups in total. The van der Waals surface area contributed by atoms with E-state index in [1.807, 2.05) is 54.6 Å². The van der Waals surface area contributed by atoms with Crippen LogP contribution < -0.4 is 40.4 Å². The van der Waals surface area contributed by atoms with Crippen molar-refractivity contribution in [1.82, 2.24) is 14.7 Å². The van der Waals surface area contributed by atoms with Crippen LogP contribution in [0.1, 0.15) is 83.5 Å². The van der Waals surface area contributed by atoms with Gasteiger partial charge in [-0.2, -0.15) is 0 Å². The molecule has 0 amide bonds. The van der Waals surface area contributed by atoms with E-state index in [0.29, 0.717) is 0 Å². The molecule has 21 aromatic rings. The minimum absolute atomic E-state index is 0.840. The monoisotopic (exact) mass is 1960 g/mol. The first-order chi connectivity index (χ1) is 73.7. The van der Waals surface area contributed by atoms with Crippen LogP contribution in [0.5, 0.6) is 0 Å². The molecule has 0 spiro atoms. The van der Waals surface area contributed by atoms with Crippen molar-refractivity contribution in [3.8, 4) is 34.0 Å². The topological polar surface area (TPSA) is 65.3 Å². The molecule has 3 aromatic heterocycles. The van der Waals surface area contributed by atoms with Crippen molar-refractivity contribution < 1.29 is 13.3 Å². The van der Waals surface area contributed by atoms with Crippen molar-refractivity contribution in [3.05, 3.63) is 538 Å². The van der Waals surface area contributed by atoms with Crippen LogP contribution >= 0.6 is 7.92 Å². The van der Waals surface area contributed by atoms with Crippen LogP contribution in [-0.2, 0) is 19.6 Å². The fraction of sp³-hybridized carbons (Fsp3) is 0.0870. The third-order valence-electron chi connectivity index (χ3n) is 30.0. The number of hydrogen-bond acceptors (Lipinski definition) is 11. The number of rotatable bonds is 18. The highest BCUT2D eigenvalue weighted by molar-refractivity contribution is 7.79. The molecule has 9 heterocycles. The van der Waals surface area contributed by atoms with Crippen LogP contribution in [0.3, 0.4) is 0 Å². The zero-order valence-corrected chi connectivity index (χ0v) is 85.7. The quantitative estimate of drug-likeness (QED) is 0.0772. The lowest BCUT2D eigenvalue weighted by molar-refractivity contribution is 0.472. The maximum atomic E-state index is 6.17. The van der Waals surface area contributed by atoms with E-state index in [4.69, 9.17) is 13.3 Å². The summed E-state index contributed by atoms with van der Waals surface area (Å²) >= 11 is 0. The summed E-state index contributed by atoms with van der Waals surface area (Å²) in [5, 5.41) is 7.13. The van der Waals surface area contributed by atoms with Crippen molar-refractivity contribution in [1.29, 1.82) is 0 Å². The summed E-state index contributed by atoms with van der Waals surface area (Å²) in [5.74, 6) is 2.63. The lowest BCUT2D eigenvalue weighted by Gasteiger charge is -2.31. The number of anilines is 9. The van der Waals surface area contributed by atoms with E-state index in [2.05, 4.69) is 518 Å². The number of para-hydroxylation sites is 6. The summed E-state index contributed by atoms with van der Waals surface area (Å²) in [7, 11) is 12.2. The Balaban J connectivity index is 0.000000117. The van der Waals surface area contributed by atoms with Gasteiger partial charge >= 0.3 is 0 Å². The molecule has 0 saturated heterocycles. The number of furan rings is 3. The van der Waals surface area contributed by atoms with E-state index in [1.165, 1.54) is 150 Å². The van der Waals surface area contributed by atoms with Gasteiger partial charge in [-0.05, 0) is 288 Å². The highest BCUT2D eigenvalue weighted by atomic mass is 31.1. The Labute approximate surface area is 878 Å². The molecule has 150 heavy (non-hydrogen) atoms. The second-order valence-electron chi connectivity index (χ2n) is 39.9. The molecule has 0 unspecified atom stereocenters. The van der Waals surface area contributed by atoms with Gasteiger partial charge in [0.15, 0.2) is 0 Å². The third kappa shape index (κ3) is 18.8. The molecule has 0 fully saturated rings. The van der Waals surface area contributed by atoms with Gasteiger partial charge < -0.3 is 52.5 Å². The number of hydrogen-bond donors (Lipinski definition) is 0. The second kappa shape index (κ2) is 40.3. The highest BCUT2D eigenvalue weighted by Crippen LogP contribution is 2.47. The Morgan fingerprint density at radius 3 is 0.673 bits per heavy atom. The lowest BCUT2D eigenvalue weighted by atomic mass is 9.96. The molecule has 6 aliphatic rings. The maximum Gasteiger partial charge on any atom is 0.135 e. The summed E-state index contributed by atoms with van der Waals surface area (Å²) in [5.41, 5.74) is 43.3. The summed E-state index contributed by atoms with van der Waals surface area (Å²) in [6, 6.07) is 164. The van der Waals surface area contributed by atoms with Gasteiger partial charge in [-0.1, -0.05) is 328 Å². The Bertz CT molecular complexity index is 7920. The van der Waals surface area contributed by atoms with Crippen LogP contribution in [0.4, 0.5) is 51.2 Å². The van der Waals surface area contributed by atoms with Crippen molar-refractivity contribution in [3.63, 3.8) is 0 Å². The largest absolute Gasteiger partial charge is 0.456 e. The van der Waals surface area contributed by atoms with E-state index in [-0.39, 0.29) is 0 Å². The Hall–Kier alpha value is -18.2. The minimum atomic E-state index is -0.840. The van der Waals surface area contributed by atoms with E-state index >= 15 is 0 Å². The van der Waals surface area contributed by atoms with Crippen molar-refractivity contribution >= 4 is 178 Å². The normalized spacial score (nSPS) is 13.9. The number of nitrogens with zero attached hydrogens (tertiary/aromatic N) is 8. The predicted molar refractivity (Wildman–Crippen MR) is 633 cm³/mol. The van der Waals surface area contributed by atoms with Gasteiger partial charge in [-0.25, -0.2) is 0 Å². The van der Waals surface area contributed by atoms with Crippen molar-refractivity contribution in [2.75, 3.05) is 86.4 Å². The summed E-state index contributed by atoms with van der Waals surface area (Å²) in [6.45, 7) is 5.37. The van der Waals surface area contributed by atoms with Crippen LogP contribution in [0, 0.1) is 0 Å². The van der Waals surface area contributed by atoms with Crippen LogP contribution in [0.25, 0.3) is 137 Å². The van der Waals surface area contributed by atoms with Gasteiger partial charge in [0.2, 0.25) is 0 Å². The summed E-state index contributed by atoms with van der Waals surface area (Å²) in [6.07, 6.45) is 14.0. The Morgan fingerprint density at radius 1 is 0.193 bits per heavy atom. The average molecular weight is 1960 g/mol. The van der Waals surface area contributed by atoms with Crippen LogP contribution in [-0.4, -0.2) is 76.6 Å². The fourth-order valence-corrected chi connectivity index (χ4v) is 24.4. The first kappa shape index (κ1) is 92.9. The smallest absolute Gasteiger partial charge is 0.135 e. The molecule has 0 aliphatic carbocycles. The van der Waals surface area contributed by atoms with Gasteiger partial charge in [-0.3, -0.25) is 0 Å². The molecule has 0 bridgehead atoms. The summed E-state index contributed by atoms with van der Waals surface area (Å²) < 4.78 is 18.5. The van der Waals surface area contributed by atoms with E-state index in [1.54, 1.807) is 0 Å². The third-order valence-corrected chi connectivity index (χ3v) is 32.5. The molecule has 11 nitrogen and oxygen atoms in total. The molecule has 18 aromatic carbocycles. The van der Waals surface area contributed by atoms with Gasteiger partial charge in [0.25, 0.3) is 0 Å². The number of fused-ring (bicyclic) bond motifs is 9. The number of benzene rings is 18. The van der Waals surface area contributed by atoms with Gasteiger partial charge in [0, 0.05) is 183 Å². The van der Waals surface area contributed by atoms with E-state index in [9.17, 15) is 0 Å². The molecule has 726 valence electrons. The maximum absolute atomic E-state index is 6.17. The van der Waals surface area contributed by atoms with E-state index < -0.39 is 7.92 Å². The standard InChI is InChI=1S/2C48H42N4.C42H27O3P/c1-49-31-40(28-37-10-4-7-13-46(37)49)34-16-22-43(23-17-34)52(44-24-18-35(19-25-44)41-29-38-11-5-8-14-47(38)50(2)32-41)45-26-20-36(21-27-45)42-30-39-12-6-9-15-48(39)51(3)33-42;1-49-31-40-13-7-4-10-37(40)28-46(49)34-16-22-43(23-17-34)52(44-24-18-35(19-25-44)47-29-38-11-5-8-14-41(38)32-50(47)2)45-26-20-36(21-27-45)48-30-39-12-6-9-15-42(39)33-51(48)3;1-4-10-37-31(7-1)25-40(43-37)28-13-19-34(20-14-28)46(35-21-15-29(16-22-35)41-26-32-8-2-5-11-38(32)44-41)36-23-17-30(18-24-36)42-27-33-9-3-6-12-39(33)45-42/h2*4-30H,31-33H2,1-3H3;1-27H. The molecular weight excluding hydrogens is 1850 g/mol. The van der Waals surface area contributed by atoms with Gasteiger partial charge in [-0.15, -0.1) is 0 Å². The fourth-order valence-electron chi connectivity index (χ4n) is 22.1. The number of likely N-dealkylation sites (N-methyl/N-ethyl adjacent to an activating group) is 3. The molecule has 0 saturated carbocycles. The lowest BCUT2D eigenvalue weighted by Crippen LogP contribution is -2.23. The SMILES string of the molecule is CN1CC(c2ccc(N(c3ccc(C4=Cc5ccccc5N(C)C4)cc3)c3ccc(C4=Cc5ccccc5N(C)C4)cc3)cc2)=Cc2ccccc21.CN1Cc2ccccc2C=C1c1ccc(N(c2ccc(C3=Cc4ccccc4CN3C)cc2)c2ccc(C3=Cc4ccccc4CN3C)cc2)cc1.c1ccc2oc(-c3ccc(P(c4ccc(-c5cc6ccccc6o5)cc4)c4ccc(-c5cc6ccccc6o5)cc4)cc3)cc2c1. The van der Waals surface area contributed by atoms with Crippen molar-refractivity contribution in [2.45, 2.75) is 19.6 Å². The molecule has 0 atom stereocenters. The highest BCUT2D eigenvalue weighted by Gasteiger charge is 2.28. The predicted octanol–water partition coefficient (Wildman–Crippen LogP) is 32.8. The first-order valence-corrected chi connectivity index (χ1v) is 52.9. The zero-order chi connectivity index (χ0) is 101. The molecular formula is C138H111N8O3P. The molecule has 27 rings (SSSR count). The van der Waals surface area contributed by atoms with Crippen LogP contribution in [0.15, 0.2) is 468 Å².